The zero-order chi connectivity index (χ0) is 18.7. The van der Waals surface area contributed by atoms with Crippen LogP contribution in [0.2, 0.25) is 10.0 Å². The van der Waals surface area contributed by atoms with E-state index in [4.69, 9.17) is 35.4 Å². The summed E-state index contributed by atoms with van der Waals surface area (Å²) in [6.07, 6.45) is 0. The van der Waals surface area contributed by atoms with Crippen LogP contribution < -0.4 is 10.6 Å². The van der Waals surface area contributed by atoms with Crippen LogP contribution >= 0.6 is 35.4 Å². The molecule has 0 bridgehead atoms. The Kier molecular flexibility index (Phi) is 5.81. The van der Waals surface area contributed by atoms with Crippen molar-refractivity contribution >= 4 is 51.9 Å². The van der Waals surface area contributed by atoms with E-state index in [0.717, 1.165) is 33.3 Å². The summed E-state index contributed by atoms with van der Waals surface area (Å²) in [4.78, 5) is 0. The average molecular weight is 405 g/mol. The van der Waals surface area contributed by atoms with Crippen molar-refractivity contribution in [1.82, 2.24) is 9.78 Å². The maximum atomic E-state index is 6.00. The Morgan fingerprint density at radius 3 is 2.46 bits per heavy atom. The highest BCUT2D eigenvalue weighted by atomic mass is 35.5. The molecule has 3 aromatic rings. The summed E-state index contributed by atoms with van der Waals surface area (Å²) in [7, 11) is 0. The second kappa shape index (κ2) is 8.08. The first kappa shape index (κ1) is 18.7. The van der Waals surface area contributed by atoms with Crippen LogP contribution in [0.25, 0.3) is 0 Å². The minimum atomic E-state index is 0.490. The highest BCUT2D eigenvalue weighted by molar-refractivity contribution is 7.80. The summed E-state index contributed by atoms with van der Waals surface area (Å²) in [6, 6.07) is 15.2. The van der Waals surface area contributed by atoms with Gasteiger partial charge in [0.05, 0.1) is 23.6 Å². The average Bonchev–Trinajstić information content (AvgIpc) is 2.84. The summed E-state index contributed by atoms with van der Waals surface area (Å²) in [5.41, 5.74) is 4.75. The van der Waals surface area contributed by atoms with E-state index in [1.54, 1.807) is 0 Å². The smallest absolute Gasteiger partial charge is 0.175 e. The van der Waals surface area contributed by atoms with Gasteiger partial charge in [0.25, 0.3) is 0 Å². The Morgan fingerprint density at radius 2 is 1.77 bits per heavy atom. The maximum Gasteiger partial charge on any atom is 0.175 e. The summed E-state index contributed by atoms with van der Waals surface area (Å²) < 4.78 is 1.95. The molecule has 1 heterocycles. The molecule has 0 fully saturated rings. The van der Waals surface area contributed by atoms with Crippen molar-refractivity contribution in [2.24, 2.45) is 0 Å². The second-order valence-electron chi connectivity index (χ2n) is 5.92. The van der Waals surface area contributed by atoms with Crippen LogP contribution in [0.5, 0.6) is 0 Å². The van der Waals surface area contributed by atoms with Gasteiger partial charge in [-0.3, -0.25) is 4.68 Å². The minimum absolute atomic E-state index is 0.490. The number of aryl methyl sites for hydroxylation is 1. The van der Waals surface area contributed by atoms with Crippen LogP contribution in [0.3, 0.4) is 0 Å². The Morgan fingerprint density at radius 1 is 1.04 bits per heavy atom. The van der Waals surface area contributed by atoms with Crippen molar-refractivity contribution in [2.75, 3.05) is 10.6 Å². The normalized spacial score (nSPS) is 10.6. The van der Waals surface area contributed by atoms with E-state index < -0.39 is 0 Å². The lowest BCUT2D eigenvalue weighted by atomic mass is 10.2. The van der Waals surface area contributed by atoms with Crippen molar-refractivity contribution in [2.45, 2.75) is 20.4 Å². The minimum Gasteiger partial charge on any atom is -0.332 e. The fourth-order valence-corrected chi connectivity index (χ4v) is 3.17. The molecule has 26 heavy (non-hydrogen) atoms. The monoisotopic (exact) mass is 404 g/mol. The SMILES string of the molecule is Cc1nn(Cc2ccc(Cl)cc2)c(C)c1NC(=S)Nc1cccc(Cl)c1. The highest BCUT2D eigenvalue weighted by Gasteiger charge is 2.13. The van der Waals surface area contributed by atoms with E-state index in [1.165, 1.54) is 0 Å². The first-order valence-electron chi connectivity index (χ1n) is 8.04. The van der Waals surface area contributed by atoms with Gasteiger partial charge in [0, 0.05) is 15.7 Å². The van der Waals surface area contributed by atoms with Crippen LogP contribution in [-0.4, -0.2) is 14.9 Å². The summed E-state index contributed by atoms with van der Waals surface area (Å²) in [5.74, 6) is 0. The Balaban J connectivity index is 1.73. The van der Waals surface area contributed by atoms with Crippen LogP contribution in [0.15, 0.2) is 48.5 Å². The molecule has 2 N–H and O–H groups in total. The quantitative estimate of drug-likeness (QED) is 0.550. The molecule has 0 aliphatic carbocycles. The largest absolute Gasteiger partial charge is 0.332 e. The fourth-order valence-electron chi connectivity index (χ4n) is 2.64. The number of nitrogens with one attached hydrogen (secondary N) is 2. The van der Waals surface area contributed by atoms with E-state index in [2.05, 4.69) is 15.7 Å². The number of aromatic nitrogens is 2. The molecule has 0 aliphatic heterocycles. The lowest BCUT2D eigenvalue weighted by Gasteiger charge is -2.11. The molecule has 0 spiro atoms. The van der Waals surface area contributed by atoms with E-state index >= 15 is 0 Å². The summed E-state index contributed by atoms with van der Waals surface area (Å²) >= 11 is 17.4. The van der Waals surface area contributed by atoms with E-state index in [0.29, 0.717) is 16.7 Å². The molecule has 134 valence electrons. The number of nitrogens with zero attached hydrogens (tertiary/aromatic N) is 2. The third-order valence-electron chi connectivity index (χ3n) is 3.95. The van der Waals surface area contributed by atoms with Gasteiger partial charge in [-0.2, -0.15) is 5.10 Å². The van der Waals surface area contributed by atoms with Gasteiger partial charge in [0.2, 0.25) is 0 Å². The Labute approximate surface area is 168 Å². The molecule has 4 nitrogen and oxygen atoms in total. The summed E-state index contributed by atoms with van der Waals surface area (Å²) in [6.45, 7) is 4.63. The van der Waals surface area contributed by atoms with Gasteiger partial charge >= 0.3 is 0 Å². The van der Waals surface area contributed by atoms with E-state index in [-0.39, 0.29) is 0 Å². The standard InChI is InChI=1S/C19H18Cl2N4S/c1-12-18(23-19(26)22-17-5-3-4-16(21)10-17)13(2)25(24-12)11-14-6-8-15(20)9-7-14/h3-10H,11H2,1-2H3,(H2,22,23,26). The van der Waals surface area contributed by atoms with Gasteiger partial charge in [0.1, 0.15) is 0 Å². The molecule has 3 rings (SSSR count). The molecule has 0 radical (unpaired) electrons. The predicted octanol–water partition coefficient (Wildman–Crippen LogP) is 5.66. The van der Waals surface area contributed by atoms with Crippen molar-refractivity contribution in [3.63, 3.8) is 0 Å². The molecular weight excluding hydrogens is 387 g/mol. The number of thiocarbonyl (C=S) groups is 1. The van der Waals surface area contributed by atoms with Gasteiger partial charge < -0.3 is 10.6 Å². The van der Waals surface area contributed by atoms with Crippen molar-refractivity contribution in [3.8, 4) is 0 Å². The maximum absolute atomic E-state index is 6.00. The second-order valence-corrected chi connectivity index (χ2v) is 7.20. The molecule has 2 aromatic carbocycles. The molecule has 0 amide bonds. The van der Waals surface area contributed by atoms with Crippen LogP contribution in [0.1, 0.15) is 17.0 Å². The van der Waals surface area contributed by atoms with Crippen LogP contribution in [0.4, 0.5) is 11.4 Å². The zero-order valence-electron chi connectivity index (χ0n) is 14.4. The number of halogens is 2. The number of rotatable bonds is 4. The molecular formula is C19H18Cl2N4S. The summed E-state index contributed by atoms with van der Waals surface area (Å²) in [5, 5.41) is 12.9. The van der Waals surface area contributed by atoms with Crippen molar-refractivity contribution in [3.05, 3.63) is 75.5 Å². The van der Waals surface area contributed by atoms with E-state index in [9.17, 15) is 0 Å². The third-order valence-corrected chi connectivity index (χ3v) is 4.64. The Bertz CT molecular complexity index is 935. The van der Waals surface area contributed by atoms with Crippen molar-refractivity contribution < 1.29 is 0 Å². The van der Waals surface area contributed by atoms with Gasteiger partial charge in [-0.15, -0.1) is 0 Å². The number of anilines is 2. The van der Waals surface area contributed by atoms with Gasteiger partial charge in [-0.25, -0.2) is 0 Å². The van der Waals surface area contributed by atoms with Crippen LogP contribution in [0, 0.1) is 13.8 Å². The number of benzene rings is 2. The third kappa shape index (κ3) is 4.55. The predicted molar refractivity (Wildman–Crippen MR) is 114 cm³/mol. The Hall–Kier alpha value is -2.08. The zero-order valence-corrected chi connectivity index (χ0v) is 16.7. The lowest BCUT2D eigenvalue weighted by molar-refractivity contribution is 0.659. The lowest BCUT2D eigenvalue weighted by Crippen LogP contribution is -2.20. The van der Waals surface area contributed by atoms with Crippen LogP contribution in [-0.2, 0) is 6.54 Å². The van der Waals surface area contributed by atoms with E-state index in [1.807, 2.05) is 67.1 Å². The topological polar surface area (TPSA) is 41.9 Å². The number of hydrogen-bond donors (Lipinski definition) is 2. The number of hydrogen-bond acceptors (Lipinski definition) is 2. The first-order valence-corrected chi connectivity index (χ1v) is 9.21. The van der Waals surface area contributed by atoms with Gasteiger partial charge in [0.15, 0.2) is 5.11 Å². The molecule has 1 aromatic heterocycles. The molecule has 0 unspecified atom stereocenters. The molecule has 0 saturated heterocycles. The molecule has 0 saturated carbocycles. The highest BCUT2D eigenvalue weighted by Crippen LogP contribution is 2.22. The molecule has 0 aliphatic rings. The molecule has 0 atom stereocenters. The fraction of sp³-hybridized carbons (Fsp3) is 0.158. The van der Waals surface area contributed by atoms with Crippen molar-refractivity contribution in [1.29, 1.82) is 0 Å². The van der Waals surface area contributed by atoms with Gasteiger partial charge in [-0.1, -0.05) is 41.4 Å². The molecule has 7 heteroatoms. The first-order chi connectivity index (χ1) is 12.4. The van der Waals surface area contributed by atoms with Gasteiger partial charge in [-0.05, 0) is 62.0 Å².